The number of nitrogens with one attached hydrogen (secondary N) is 2. The zero-order chi connectivity index (χ0) is 17.9. The van der Waals surface area contributed by atoms with Gasteiger partial charge in [0.05, 0.1) is 0 Å². The molecule has 1 aromatic heterocycles. The Bertz CT molecular complexity index is 814. The Morgan fingerprint density at radius 2 is 1.88 bits per heavy atom. The molecule has 2 fully saturated rings. The molecule has 2 bridgehead atoms. The second-order valence-electron chi connectivity index (χ2n) is 7.15. The van der Waals surface area contributed by atoms with Crippen LogP contribution in [-0.4, -0.2) is 17.9 Å². The number of amides is 2. The van der Waals surface area contributed by atoms with E-state index < -0.39 is 0 Å². The van der Waals surface area contributed by atoms with E-state index in [4.69, 9.17) is 0 Å². The summed E-state index contributed by atoms with van der Waals surface area (Å²) in [7, 11) is 0. The second kappa shape index (κ2) is 7.46. The molecule has 1 aromatic carbocycles. The van der Waals surface area contributed by atoms with Crippen LogP contribution in [0, 0.1) is 11.8 Å². The number of rotatable bonds is 5. The fourth-order valence-corrected chi connectivity index (χ4v) is 4.78. The van der Waals surface area contributed by atoms with Crippen molar-refractivity contribution in [3.05, 3.63) is 64.0 Å². The fraction of sp³-hybridized carbons (Fsp3) is 0.333. The van der Waals surface area contributed by atoms with Gasteiger partial charge in [0, 0.05) is 16.5 Å². The molecule has 2 aliphatic carbocycles. The lowest BCUT2D eigenvalue weighted by Gasteiger charge is -2.23. The van der Waals surface area contributed by atoms with E-state index in [0.29, 0.717) is 17.2 Å². The maximum absolute atomic E-state index is 12.9. The Kier molecular flexibility index (Phi) is 4.89. The van der Waals surface area contributed by atoms with Gasteiger partial charge in [-0.15, -0.1) is 11.3 Å². The summed E-state index contributed by atoms with van der Waals surface area (Å²) in [5.41, 5.74) is 0.848. The third-order valence-electron chi connectivity index (χ3n) is 5.41. The van der Waals surface area contributed by atoms with Gasteiger partial charge in [0.1, 0.15) is 5.70 Å². The van der Waals surface area contributed by atoms with Crippen LogP contribution in [0.4, 0.5) is 0 Å². The second-order valence-corrected chi connectivity index (χ2v) is 8.13. The molecule has 0 spiro atoms. The van der Waals surface area contributed by atoms with E-state index in [1.165, 1.54) is 30.6 Å². The molecular weight excluding hydrogens is 344 g/mol. The SMILES string of the molecule is O=C(N[C@@H]1C[C@H]2CC[C@H]1C2)/C(=C/c1cccs1)NC(=O)c1ccccc1. The summed E-state index contributed by atoms with van der Waals surface area (Å²) in [5.74, 6) is 0.891. The number of hydrogen-bond donors (Lipinski definition) is 2. The molecule has 3 atom stereocenters. The number of carbonyl (C=O) groups is 2. The molecule has 2 saturated carbocycles. The lowest BCUT2D eigenvalue weighted by Crippen LogP contribution is -2.42. The van der Waals surface area contributed by atoms with Crippen LogP contribution in [0.2, 0.25) is 0 Å². The van der Waals surface area contributed by atoms with Crippen molar-refractivity contribution in [3.63, 3.8) is 0 Å². The highest BCUT2D eigenvalue weighted by Gasteiger charge is 2.40. The van der Waals surface area contributed by atoms with Gasteiger partial charge in [-0.2, -0.15) is 0 Å². The summed E-state index contributed by atoms with van der Waals surface area (Å²) in [6.45, 7) is 0. The maximum atomic E-state index is 12.9. The third kappa shape index (κ3) is 3.73. The summed E-state index contributed by atoms with van der Waals surface area (Å²) >= 11 is 1.54. The van der Waals surface area contributed by atoms with Crippen molar-refractivity contribution in [3.8, 4) is 0 Å². The first-order valence-corrected chi connectivity index (χ1v) is 9.99. The minimum atomic E-state index is -0.267. The van der Waals surface area contributed by atoms with E-state index in [0.717, 1.165) is 17.2 Å². The highest BCUT2D eigenvalue weighted by molar-refractivity contribution is 7.10. The normalized spacial score (nSPS) is 24.5. The van der Waals surface area contributed by atoms with Gasteiger partial charge in [0.2, 0.25) is 0 Å². The first-order chi connectivity index (χ1) is 12.7. The third-order valence-corrected chi connectivity index (χ3v) is 6.23. The molecular formula is C21H22N2O2S. The molecule has 0 radical (unpaired) electrons. The largest absolute Gasteiger partial charge is 0.348 e. The Hall–Kier alpha value is -2.40. The smallest absolute Gasteiger partial charge is 0.268 e. The monoisotopic (exact) mass is 366 g/mol. The number of fused-ring (bicyclic) bond motifs is 2. The summed E-state index contributed by atoms with van der Waals surface area (Å²) in [6.07, 6.45) is 6.55. The average molecular weight is 366 g/mol. The van der Waals surface area contributed by atoms with Crippen molar-refractivity contribution in [1.29, 1.82) is 0 Å². The first-order valence-electron chi connectivity index (χ1n) is 9.11. The fourth-order valence-electron chi connectivity index (χ4n) is 4.13. The quantitative estimate of drug-likeness (QED) is 0.790. The van der Waals surface area contributed by atoms with Gasteiger partial charge in [-0.3, -0.25) is 9.59 Å². The molecule has 2 N–H and O–H groups in total. The van der Waals surface area contributed by atoms with E-state index in [2.05, 4.69) is 10.6 Å². The molecule has 2 amide bonds. The van der Waals surface area contributed by atoms with Crippen LogP contribution in [-0.2, 0) is 4.79 Å². The van der Waals surface area contributed by atoms with Crippen molar-refractivity contribution >= 4 is 29.2 Å². The predicted octanol–water partition coefficient (Wildman–Crippen LogP) is 3.82. The van der Waals surface area contributed by atoms with Crippen LogP contribution in [0.15, 0.2) is 53.5 Å². The van der Waals surface area contributed by atoms with Crippen molar-refractivity contribution < 1.29 is 9.59 Å². The number of carbonyl (C=O) groups excluding carboxylic acids is 2. The first kappa shape index (κ1) is 17.0. The number of benzene rings is 1. The average Bonchev–Trinajstić information content (AvgIpc) is 3.40. The number of hydrogen-bond acceptors (Lipinski definition) is 3. The van der Waals surface area contributed by atoms with Crippen LogP contribution in [0.3, 0.4) is 0 Å². The van der Waals surface area contributed by atoms with Crippen LogP contribution >= 0.6 is 11.3 Å². The topological polar surface area (TPSA) is 58.2 Å². The Balaban J connectivity index is 1.51. The molecule has 4 rings (SSSR count). The van der Waals surface area contributed by atoms with Crippen molar-refractivity contribution in [2.45, 2.75) is 31.7 Å². The van der Waals surface area contributed by atoms with Gasteiger partial charge in [-0.25, -0.2) is 0 Å². The molecule has 0 saturated heterocycles. The van der Waals surface area contributed by atoms with Gasteiger partial charge in [0.25, 0.3) is 11.8 Å². The predicted molar refractivity (Wildman–Crippen MR) is 104 cm³/mol. The highest BCUT2D eigenvalue weighted by Crippen LogP contribution is 2.44. The Labute approximate surface area is 157 Å². The van der Waals surface area contributed by atoms with Crippen LogP contribution in [0.5, 0.6) is 0 Å². The minimum Gasteiger partial charge on any atom is -0.348 e. The highest BCUT2D eigenvalue weighted by atomic mass is 32.1. The molecule has 4 nitrogen and oxygen atoms in total. The maximum Gasteiger partial charge on any atom is 0.268 e. The van der Waals surface area contributed by atoms with E-state index in [9.17, 15) is 9.59 Å². The standard InChI is InChI=1S/C21H22N2O2S/c24-20(15-5-2-1-3-6-15)23-19(13-17-7-4-10-26-17)21(25)22-18-12-14-8-9-16(18)11-14/h1-7,10,13-14,16,18H,8-9,11-12H2,(H,22,25)(H,23,24)/b19-13-/t14-,16-,18+/m0/s1. The summed E-state index contributed by atoms with van der Waals surface area (Å²) in [4.78, 5) is 26.3. The van der Waals surface area contributed by atoms with Gasteiger partial charge < -0.3 is 10.6 Å². The van der Waals surface area contributed by atoms with E-state index in [1.54, 1.807) is 18.2 Å². The lowest BCUT2D eigenvalue weighted by molar-refractivity contribution is -0.118. The Morgan fingerprint density at radius 3 is 2.54 bits per heavy atom. The van der Waals surface area contributed by atoms with Crippen molar-refractivity contribution in [2.75, 3.05) is 0 Å². The molecule has 0 aliphatic heterocycles. The van der Waals surface area contributed by atoms with E-state index >= 15 is 0 Å². The summed E-state index contributed by atoms with van der Waals surface area (Å²) in [6, 6.07) is 13.1. The number of thiophene rings is 1. The Morgan fingerprint density at radius 1 is 1.04 bits per heavy atom. The molecule has 0 unspecified atom stereocenters. The summed E-state index contributed by atoms with van der Waals surface area (Å²) < 4.78 is 0. The van der Waals surface area contributed by atoms with E-state index in [-0.39, 0.29) is 17.9 Å². The van der Waals surface area contributed by atoms with Crippen molar-refractivity contribution in [2.24, 2.45) is 11.8 Å². The van der Waals surface area contributed by atoms with Gasteiger partial charge >= 0.3 is 0 Å². The van der Waals surface area contributed by atoms with Gasteiger partial charge in [0.15, 0.2) is 0 Å². The molecule has 26 heavy (non-hydrogen) atoms. The molecule has 5 heteroatoms. The van der Waals surface area contributed by atoms with Crippen LogP contribution in [0.1, 0.15) is 40.9 Å². The van der Waals surface area contributed by atoms with Gasteiger partial charge in [-0.05, 0) is 60.8 Å². The molecule has 2 aliphatic rings. The van der Waals surface area contributed by atoms with Gasteiger partial charge in [-0.1, -0.05) is 30.7 Å². The van der Waals surface area contributed by atoms with Crippen LogP contribution < -0.4 is 10.6 Å². The lowest BCUT2D eigenvalue weighted by atomic mass is 9.95. The van der Waals surface area contributed by atoms with E-state index in [1.807, 2.05) is 35.7 Å². The van der Waals surface area contributed by atoms with Crippen LogP contribution in [0.25, 0.3) is 6.08 Å². The molecule has 2 aromatic rings. The zero-order valence-electron chi connectivity index (χ0n) is 14.5. The molecule has 1 heterocycles. The minimum absolute atomic E-state index is 0.194. The zero-order valence-corrected chi connectivity index (χ0v) is 15.3. The summed E-state index contributed by atoms with van der Waals surface area (Å²) in [5, 5.41) is 7.92. The molecule has 134 valence electrons. The van der Waals surface area contributed by atoms with Crippen molar-refractivity contribution in [1.82, 2.24) is 10.6 Å².